The van der Waals surface area contributed by atoms with Crippen LogP contribution in [0.15, 0.2) is 17.0 Å². The van der Waals surface area contributed by atoms with E-state index in [-0.39, 0.29) is 31.3 Å². The first-order chi connectivity index (χ1) is 12.3. The molecule has 0 saturated carbocycles. The van der Waals surface area contributed by atoms with Gasteiger partial charge in [0.25, 0.3) is 0 Å². The molecule has 1 aromatic rings. The highest BCUT2D eigenvalue weighted by Gasteiger charge is 2.20. The number of hydrogen-bond acceptors (Lipinski definition) is 4. The van der Waals surface area contributed by atoms with E-state index in [2.05, 4.69) is 15.4 Å². The van der Waals surface area contributed by atoms with Crippen molar-refractivity contribution in [1.29, 1.82) is 0 Å². The highest BCUT2D eigenvalue weighted by molar-refractivity contribution is 7.89. The Balaban J connectivity index is 0.00000364. The van der Waals surface area contributed by atoms with E-state index in [1.807, 2.05) is 19.1 Å². The van der Waals surface area contributed by atoms with Crippen molar-refractivity contribution >= 4 is 28.3 Å². The highest BCUT2D eigenvalue weighted by Crippen LogP contribution is 2.21. The molecule has 1 fully saturated rings. The van der Waals surface area contributed by atoms with Crippen LogP contribution in [-0.4, -0.2) is 40.5 Å². The lowest BCUT2D eigenvalue weighted by Gasteiger charge is -2.22. The van der Waals surface area contributed by atoms with E-state index in [4.69, 9.17) is 0 Å². The van der Waals surface area contributed by atoms with Gasteiger partial charge in [0.05, 0.1) is 4.90 Å². The molecule has 1 saturated heterocycles. The zero-order valence-corrected chi connectivity index (χ0v) is 18.1. The summed E-state index contributed by atoms with van der Waals surface area (Å²) in [6.45, 7) is 8.38. The molecule has 1 amide bonds. The average molecular weight is 418 g/mol. The molecule has 0 spiro atoms. The third kappa shape index (κ3) is 7.41. The summed E-state index contributed by atoms with van der Waals surface area (Å²) in [5.74, 6) is 0.504. The van der Waals surface area contributed by atoms with Gasteiger partial charge in [0, 0.05) is 19.5 Å². The van der Waals surface area contributed by atoms with Crippen molar-refractivity contribution in [2.45, 2.75) is 51.3 Å². The second-order valence-corrected chi connectivity index (χ2v) is 8.93. The lowest BCUT2D eigenvalue weighted by atomic mass is 9.96. The number of nitrogens with one attached hydrogen (secondary N) is 3. The first-order valence-corrected chi connectivity index (χ1v) is 10.8. The maximum absolute atomic E-state index is 12.5. The van der Waals surface area contributed by atoms with Crippen LogP contribution in [0.4, 0.5) is 0 Å². The summed E-state index contributed by atoms with van der Waals surface area (Å²) in [4.78, 5) is 12.2. The van der Waals surface area contributed by atoms with Gasteiger partial charge in [0.2, 0.25) is 15.9 Å². The topological polar surface area (TPSA) is 87.3 Å². The molecular formula is C19H32ClN3O3S. The zero-order chi connectivity index (χ0) is 19.2. The van der Waals surface area contributed by atoms with Gasteiger partial charge < -0.3 is 10.6 Å². The van der Waals surface area contributed by atoms with Gasteiger partial charge in [-0.05, 0) is 70.2 Å². The third-order valence-corrected chi connectivity index (χ3v) is 6.56. The Morgan fingerprint density at radius 2 is 1.85 bits per heavy atom. The van der Waals surface area contributed by atoms with Gasteiger partial charge in [-0.15, -0.1) is 12.4 Å². The summed E-state index contributed by atoms with van der Waals surface area (Å²) in [7, 11) is -3.61. The Labute approximate surface area is 169 Å². The number of amides is 1. The number of aryl methyl sites for hydroxylation is 3. The van der Waals surface area contributed by atoms with E-state index >= 15 is 0 Å². The first-order valence-electron chi connectivity index (χ1n) is 9.34. The van der Waals surface area contributed by atoms with Crippen molar-refractivity contribution in [3.63, 3.8) is 0 Å². The average Bonchev–Trinajstić information content (AvgIpc) is 2.54. The molecule has 1 aliphatic rings. The second kappa shape index (κ2) is 11.0. The van der Waals surface area contributed by atoms with Crippen molar-refractivity contribution in [3.05, 3.63) is 28.8 Å². The van der Waals surface area contributed by atoms with E-state index in [9.17, 15) is 13.2 Å². The molecule has 0 radical (unpaired) electrons. The molecule has 2 rings (SSSR count). The number of carbonyl (C=O) groups is 1. The normalized spacial score (nSPS) is 17.2. The number of rotatable bonds is 8. The van der Waals surface area contributed by atoms with Crippen LogP contribution in [0.1, 0.15) is 42.4 Å². The van der Waals surface area contributed by atoms with Crippen molar-refractivity contribution in [3.8, 4) is 0 Å². The Morgan fingerprint density at radius 1 is 1.19 bits per heavy atom. The van der Waals surface area contributed by atoms with Gasteiger partial charge in [-0.2, -0.15) is 0 Å². The van der Waals surface area contributed by atoms with E-state index in [1.54, 1.807) is 13.8 Å². The Morgan fingerprint density at radius 3 is 2.44 bits per heavy atom. The predicted molar refractivity (Wildman–Crippen MR) is 111 cm³/mol. The minimum atomic E-state index is -3.61. The van der Waals surface area contributed by atoms with Gasteiger partial charge in [-0.1, -0.05) is 17.7 Å². The monoisotopic (exact) mass is 417 g/mol. The van der Waals surface area contributed by atoms with Gasteiger partial charge in [0.1, 0.15) is 0 Å². The fraction of sp³-hybridized carbons (Fsp3) is 0.632. The molecule has 6 nitrogen and oxygen atoms in total. The van der Waals surface area contributed by atoms with Crippen molar-refractivity contribution in [1.82, 2.24) is 15.4 Å². The molecule has 0 aromatic heterocycles. The summed E-state index contributed by atoms with van der Waals surface area (Å²) in [6, 6.07) is 3.71. The van der Waals surface area contributed by atoms with E-state index in [1.165, 1.54) is 12.8 Å². The van der Waals surface area contributed by atoms with Crippen LogP contribution >= 0.6 is 12.4 Å². The van der Waals surface area contributed by atoms with Crippen LogP contribution in [0.3, 0.4) is 0 Å². The van der Waals surface area contributed by atoms with Crippen LogP contribution in [0.2, 0.25) is 0 Å². The Bertz CT molecular complexity index is 709. The molecule has 1 atom stereocenters. The van der Waals surface area contributed by atoms with Gasteiger partial charge in [-0.3, -0.25) is 4.79 Å². The first kappa shape index (κ1) is 23.9. The van der Waals surface area contributed by atoms with Gasteiger partial charge >= 0.3 is 0 Å². The zero-order valence-electron chi connectivity index (χ0n) is 16.4. The number of halogens is 1. The van der Waals surface area contributed by atoms with Gasteiger partial charge in [0.15, 0.2) is 0 Å². The molecular weight excluding hydrogens is 386 g/mol. The standard InChI is InChI=1S/C19H31N3O3S.ClH/c1-14-11-15(2)19(16(3)12-14)26(24,25)22-10-7-18(23)21-9-6-17-5-4-8-20-13-17;/h11-12,17,20,22H,4-10,13H2,1-3H3,(H,21,23);1H. The fourth-order valence-corrected chi connectivity index (χ4v) is 5.12. The summed E-state index contributed by atoms with van der Waals surface area (Å²) in [6.07, 6.45) is 3.51. The van der Waals surface area contributed by atoms with E-state index < -0.39 is 10.0 Å². The quantitative estimate of drug-likeness (QED) is 0.605. The van der Waals surface area contributed by atoms with Crippen molar-refractivity contribution < 1.29 is 13.2 Å². The SMILES string of the molecule is Cc1cc(C)c(S(=O)(=O)NCCC(=O)NCCC2CCCNC2)c(C)c1.Cl. The third-order valence-electron chi connectivity index (χ3n) is 4.79. The van der Waals surface area contributed by atoms with Crippen LogP contribution < -0.4 is 15.4 Å². The molecule has 27 heavy (non-hydrogen) atoms. The minimum Gasteiger partial charge on any atom is -0.356 e. The Kier molecular flexibility index (Phi) is 9.73. The lowest BCUT2D eigenvalue weighted by Crippen LogP contribution is -2.34. The maximum Gasteiger partial charge on any atom is 0.241 e. The number of hydrogen-bond donors (Lipinski definition) is 3. The molecule has 8 heteroatoms. The molecule has 0 bridgehead atoms. The second-order valence-electron chi connectivity index (χ2n) is 7.23. The van der Waals surface area contributed by atoms with Crippen LogP contribution in [0, 0.1) is 26.7 Å². The molecule has 154 valence electrons. The number of carbonyl (C=O) groups excluding carboxylic acids is 1. The highest BCUT2D eigenvalue weighted by atomic mass is 35.5. The smallest absolute Gasteiger partial charge is 0.241 e. The van der Waals surface area contributed by atoms with E-state index in [0.29, 0.717) is 17.4 Å². The summed E-state index contributed by atoms with van der Waals surface area (Å²) >= 11 is 0. The number of sulfonamides is 1. The van der Waals surface area contributed by atoms with Crippen LogP contribution in [-0.2, 0) is 14.8 Å². The van der Waals surface area contributed by atoms with Crippen molar-refractivity contribution in [2.24, 2.45) is 5.92 Å². The van der Waals surface area contributed by atoms with Crippen molar-refractivity contribution in [2.75, 3.05) is 26.2 Å². The molecule has 1 heterocycles. The minimum absolute atomic E-state index is 0. The molecule has 1 aliphatic heterocycles. The van der Waals surface area contributed by atoms with E-state index in [0.717, 1.165) is 36.2 Å². The molecule has 0 aliphatic carbocycles. The molecule has 1 unspecified atom stereocenters. The lowest BCUT2D eigenvalue weighted by molar-refractivity contribution is -0.120. The van der Waals surface area contributed by atoms with Gasteiger partial charge in [-0.25, -0.2) is 13.1 Å². The number of piperidine rings is 1. The Hall–Kier alpha value is -1.15. The molecule has 1 aromatic carbocycles. The maximum atomic E-state index is 12.5. The van der Waals surface area contributed by atoms with Crippen LogP contribution in [0.5, 0.6) is 0 Å². The summed E-state index contributed by atoms with van der Waals surface area (Å²) in [5.41, 5.74) is 2.48. The number of benzene rings is 1. The largest absolute Gasteiger partial charge is 0.356 e. The summed E-state index contributed by atoms with van der Waals surface area (Å²) < 4.78 is 27.6. The predicted octanol–water partition coefficient (Wildman–Crippen LogP) is 2.21. The van der Waals surface area contributed by atoms with Crippen LogP contribution in [0.25, 0.3) is 0 Å². The molecule has 3 N–H and O–H groups in total. The summed E-state index contributed by atoms with van der Waals surface area (Å²) in [5, 5.41) is 6.25. The fourth-order valence-electron chi connectivity index (χ4n) is 3.64.